The smallest absolute Gasteiger partial charge is 0.330 e. The Kier molecular flexibility index (Phi) is 6.91. The van der Waals surface area contributed by atoms with E-state index in [1.54, 1.807) is 61.7 Å². The topological polar surface area (TPSA) is 92.7 Å². The minimum absolute atomic E-state index is 0.0710. The fourth-order valence-corrected chi connectivity index (χ4v) is 2.50. The second-order valence-corrected chi connectivity index (χ2v) is 5.75. The largest absolute Gasteiger partial charge is 0.497 e. The van der Waals surface area contributed by atoms with Gasteiger partial charge in [0, 0.05) is 18.4 Å². The maximum absolute atomic E-state index is 12.1. The molecule has 0 bridgehead atoms. The molecule has 0 aromatic heterocycles. The number of hydrogen-bond donors (Lipinski definition) is 2. The maximum Gasteiger partial charge on any atom is 0.330 e. The van der Waals surface area contributed by atoms with Crippen LogP contribution in [0.25, 0.3) is 0 Å². The van der Waals surface area contributed by atoms with Gasteiger partial charge in [0.1, 0.15) is 5.75 Å². The van der Waals surface area contributed by atoms with Crippen molar-refractivity contribution in [3.05, 3.63) is 65.7 Å². The quantitative estimate of drug-likeness (QED) is 0.675. The summed E-state index contributed by atoms with van der Waals surface area (Å²) in [7, 11) is 1.55. The molecule has 6 nitrogen and oxygen atoms in total. The van der Waals surface area contributed by atoms with E-state index in [0.717, 1.165) is 0 Å². The fraction of sp³-hybridized carbons (Fsp3) is 0.250. The van der Waals surface area contributed by atoms with Gasteiger partial charge in [-0.15, -0.1) is 0 Å². The van der Waals surface area contributed by atoms with E-state index in [0.29, 0.717) is 23.3 Å². The molecule has 2 aromatic rings. The first-order valence-corrected chi connectivity index (χ1v) is 8.25. The van der Waals surface area contributed by atoms with Gasteiger partial charge < -0.3 is 15.2 Å². The number of carbonyl (C=O) groups excluding carboxylic acids is 2. The van der Waals surface area contributed by atoms with E-state index < -0.39 is 17.9 Å². The van der Waals surface area contributed by atoms with E-state index in [-0.39, 0.29) is 18.6 Å². The van der Waals surface area contributed by atoms with Crippen LogP contribution in [0.15, 0.2) is 54.6 Å². The van der Waals surface area contributed by atoms with Gasteiger partial charge in [-0.25, -0.2) is 4.79 Å². The van der Waals surface area contributed by atoms with Crippen LogP contribution in [0.4, 0.5) is 0 Å². The summed E-state index contributed by atoms with van der Waals surface area (Å²) in [5.74, 6) is -0.928. The van der Waals surface area contributed by atoms with Gasteiger partial charge in [0.05, 0.1) is 7.11 Å². The second kappa shape index (κ2) is 9.36. The third-order valence-corrected chi connectivity index (χ3v) is 3.90. The Morgan fingerprint density at radius 3 is 2.23 bits per heavy atom. The highest BCUT2D eigenvalue weighted by Gasteiger charge is 2.21. The highest BCUT2D eigenvalue weighted by atomic mass is 16.5. The summed E-state index contributed by atoms with van der Waals surface area (Å²) in [6.07, 6.45) is 0.638. The molecule has 0 aliphatic carbocycles. The number of nitrogens with one attached hydrogen (secondary N) is 1. The first kappa shape index (κ1) is 19.2. The van der Waals surface area contributed by atoms with Gasteiger partial charge in [0.25, 0.3) is 0 Å². The van der Waals surface area contributed by atoms with Gasteiger partial charge in [-0.1, -0.05) is 30.3 Å². The number of carboxylic acids is 1. The molecule has 1 atom stereocenters. The molecule has 2 rings (SSSR count). The van der Waals surface area contributed by atoms with Crippen molar-refractivity contribution in [2.24, 2.45) is 0 Å². The van der Waals surface area contributed by atoms with Gasteiger partial charge in [-0.2, -0.15) is 0 Å². The molecular weight excluding hydrogens is 334 g/mol. The van der Waals surface area contributed by atoms with Crippen LogP contribution < -0.4 is 10.1 Å². The molecule has 6 heteroatoms. The molecule has 0 heterocycles. The number of rotatable bonds is 9. The number of carbonyl (C=O) groups is 3. The summed E-state index contributed by atoms with van der Waals surface area (Å²) in [5, 5.41) is 11.8. The highest BCUT2D eigenvalue weighted by molar-refractivity contribution is 5.96. The van der Waals surface area contributed by atoms with Crippen molar-refractivity contribution < 1.29 is 24.2 Å². The lowest BCUT2D eigenvalue weighted by atomic mass is 10.0. The molecule has 1 amide bonds. The normalized spacial score (nSPS) is 11.4. The zero-order chi connectivity index (χ0) is 18.9. The zero-order valence-corrected chi connectivity index (χ0v) is 14.5. The first-order valence-electron chi connectivity index (χ1n) is 8.25. The Hall–Kier alpha value is -3.15. The number of amides is 1. The average Bonchev–Trinajstić information content (AvgIpc) is 2.66. The number of ether oxygens (including phenoxy) is 1. The number of carboxylic acid groups (broad SMARTS) is 1. The number of aliphatic carboxylic acids is 1. The average molecular weight is 355 g/mol. The molecule has 0 saturated heterocycles. The summed E-state index contributed by atoms with van der Waals surface area (Å²) in [6, 6.07) is 14.2. The third-order valence-electron chi connectivity index (χ3n) is 3.90. The molecule has 26 heavy (non-hydrogen) atoms. The van der Waals surface area contributed by atoms with E-state index >= 15 is 0 Å². The maximum atomic E-state index is 12.1. The third kappa shape index (κ3) is 5.44. The molecule has 0 aliphatic rings. The first-order chi connectivity index (χ1) is 12.5. The van der Waals surface area contributed by atoms with Crippen LogP contribution in [0.3, 0.4) is 0 Å². The van der Waals surface area contributed by atoms with E-state index in [1.807, 2.05) is 0 Å². The summed E-state index contributed by atoms with van der Waals surface area (Å²) >= 11 is 0. The van der Waals surface area contributed by atoms with E-state index in [9.17, 15) is 19.5 Å². The van der Waals surface area contributed by atoms with Crippen LogP contribution in [-0.2, 0) is 9.59 Å². The number of benzene rings is 2. The zero-order valence-electron chi connectivity index (χ0n) is 14.5. The van der Waals surface area contributed by atoms with Gasteiger partial charge in [0.15, 0.2) is 11.8 Å². The van der Waals surface area contributed by atoms with Crippen LogP contribution in [-0.4, -0.2) is 29.9 Å². The molecule has 0 fully saturated rings. The second-order valence-electron chi connectivity index (χ2n) is 5.75. The molecule has 2 aromatic carbocycles. The van der Waals surface area contributed by atoms with Crippen molar-refractivity contribution >= 4 is 17.7 Å². The molecule has 136 valence electrons. The van der Waals surface area contributed by atoms with Crippen molar-refractivity contribution in [1.29, 1.82) is 0 Å². The molecule has 1 unspecified atom stereocenters. The van der Waals surface area contributed by atoms with E-state index in [2.05, 4.69) is 5.32 Å². The molecule has 0 aliphatic heterocycles. The fourth-order valence-electron chi connectivity index (χ4n) is 2.50. The van der Waals surface area contributed by atoms with Crippen LogP contribution >= 0.6 is 0 Å². The standard InChI is InChI=1S/C20H21NO5/c1-26-16-12-10-14(11-13-16)17(22)8-5-9-18(23)21-19(20(24)25)15-6-3-2-4-7-15/h2-4,6-7,10-13,19H,5,8-9H2,1H3,(H,21,23)(H,24,25). The summed E-state index contributed by atoms with van der Waals surface area (Å²) in [6.45, 7) is 0. The van der Waals surface area contributed by atoms with Crippen molar-refractivity contribution in [3.63, 3.8) is 0 Å². The van der Waals surface area contributed by atoms with E-state index in [1.165, 1.54) is 0 Å². The molecule has 0 saturated carbocycles. The van der Waals surface area contributed by atoms with Crippen LogP contribution in [0.5, 0.6) is 5.75 Å². The minimum Gasteiger partial charge on any atom is -0.497 e. The lowest BCUT2D eigenvalue weighted by Crippen LogP contribution is -2.33. The number of ketones is 1. The molecular formula is C20H21NO5. The lowest BCUT2D eigenvalue weighted by Gasteiger charge is -2.14. The Bertz CT molecular complexity index is 756. The summed E-state index contributed by atoms with van der Waals surface area (Å²) < 4.78 is 5.04. The summed E-state index contributed by atoms with van der Waals surface area (Å²) in [4.78, 5) is 35.5. The molecule has 0 radical (unpaired) electrons. The van der Waals surface area contributed by atoms with Gasteiger partial charge >= 0.3 is 5.97 Å². The van der Waals surface area contributed by atoms with Gasteiger partial charge in [0.2, 0.25) is 5.91 Å². The molecule has 2 N–H and O–H groups in total. The monoisotopic (exact) mass is 355 g/mol. The highest BCUT2D eigenvalue weighted by Crippen LogP contribution is 2.15. The summed E-state index contributed by atoms with van der Waals surface area (Å²) in [5.41, 5.74) is 1.06. The van der Waals surface area contributed by atoms with Crippen molar-refractivity contribution in [1.82, 2.24) is 5.32 Å². The number of methoxy groups -OCH3 is 1. The predicted octanol–water partition coefficient (Wildman–Crippen LogP) is 2.99. The Morgan fingerprint density at radius 2 is 1.65 bits per heavy atom. The molecule has 0 spiro atoms. The van der Waals surface area contributed by atoms with Crippen LogP contribution in [0.2, 0.25) is 0 Å². The Morgan fingerprint density at radius 1 is 1.00 bits per heavy atom. The minimum atomic E-state index is -1.13. The van der Waals surface area contributed by atoms with Crippen molar-refractivity contribution in [2.75, 3.05) is 7.11 Å². The van der Waals surface area contributed by atoms with Crippen LogP contribution in [0, 0.1) is 0 Å². The van der Waals surface area contributed by atoms with Gasteiger partial charge in [-0.05, 0) is 36.2 Å². The Balaban J connectivity index is 1.83. The SMILES string of the molecule is COc1ccc(C(=O)CCCC(=O)NC(C(=O)O)c2ccccc2)cc1. The van der Waals surface area contributed by atoms with Crippen molar-refractivity contribution in [2.45, 2.75) is 25.3 Å². The number of Topliss-reactive ketones (excluding diaryl/α,β-unsaturated/α-hetero) is 1. The van der Waals surface area contributed by atoms with E-state index in [4.69, 9.17) is 4.74 Å². The van der Waals surface area contributed by atoms with Crippen LogP contribution in [0.1, 0.15) is 41.2 Å². The Labute approximate surface area is 151 Å². The number of hydrogen-bond acceptors (Lipinski definition) is 4. The van der Waals surface area contributed by atoms with Gasteiger partial charge in [-0.3, -0.25) is 9.59 Å². The van der Waals surface area contributed by atoms with Crippen molar-refractivity contribution in [3.8, 4) is 5.75 Å². The lowest BCUT2D eigenvalue weighted by molar-refractivity contribution is -0.142. The predicted molar refractivity (Wildman–Crippen MR) is 96.1 cm³/mol.